The fraction of sp³-hybridized carbons (Fsp3) is 0.400. The second-order valence-electron chi connectivity index (χ2n) is 5.56. The summed E-state index contributed by atoms with van der Waals surface area (Å²) in [7, 11) is 0. The zero-order valence-corrected chi connectivity index (χ0v) is 15.9. The minimum atomic E-state index is -0.801. The maximum Gasteiger partial charge on any atom is 0.227 e. The largest absolute Gasteiger partial charge is 0.349 e. The van der Waals surface area contributed by atoms with E-state index in [1.807, 2.05) is 5.38 Å². The number of carbonyl (C=O) groups excluding carboxylic acids is 3. The number of hydrogen-bond acceptors (Lipinski definition) is 8. The van der Waals surface area contributed by atoms with Crippen molar-refractivity contribution in [2.45, 2.75) is 37.6 Å². The first-order valence-electron chi connectivity index (χ1n) is 7.27. The maximum absolute atomic E-state index is 11.8. The number of aromatic nitrogens is 2. The highest BCUT2D eigenvalue weighted by Crippen LogP contribution is 2.43. The van der Waals surface area contributed by atoms with Crippen LogP contribution < -0.4 is 11.5 Å². The van der Waals surface area contributed by atoms with Crippen LogP contribution in [0.5, 0.6) is 0 Å². The molecule has 0 aromatic carbocycles. The fourth-order valence-electron chi connectivity index (χ4n) is 1.97. The lowest BCUT2D eigenvalue weighted by atomic mass is 10.2. The molecule has 1 saturated carbocycles. The van der Waals surface area contributed by atoms with Crippen molar-refractivity contribution in [3.8, 4) is 10.7 Å². The van der Waals surface area contributed by atoms with E-state index in [1.54, 1.807) is 5.38 Å². The van der Waals surface area contributed by atoms with Crippen molar-refractivity contribution in [2.24, 2.45) is 0 Å². The Balaban J connectivity index is 0.00000225. The normalized spacial score (nSPS) is 14.5. The summed E-state index contributed by atoms with van der Waals surface area (Å²) < 4.78 is 0. The summed E-state index contributed by atoms with van der Waals surface area (Å²) in [6, 6.07) is 0. The van der Waals surface area contributed by atoms with Crippen LogP contribution in [-0.4, -0.2) is 32.3 Å². The van der Waals surface area contributed by atoms with Gasteiger partial charge in [-0.25, -0.2) is 9.97 Å². The van der Waals surface area contributed by atoms with Gasteiger partial charge in [0.05, 0.1) is 13.0 Å². The first kappa shape index (κ1) is 19.6. The zero-order chi connectivity index (χ0) is 17.3. The van der Waals surface area contributed by atoms with Crippen molar-refractivity contribution in [1.29, 1.82) is 0 Å². The third kappa shape index (κ3) is 4.69. The number of thiazole rings is 2. The van der Waals surface area contributed by atoms with Crippen LogP contribution in [0.15, 0.2) is 10.8 Å². The van der Waals surface area contributed by atoms with E-state index < -0.39 is 4.87 Å². The third-order valence-electron chi connectivity index (χ3n) is 3.58. The molecule has 10 heteroatoms. The van der Waals surface area contributed by atoms with Gasteiger partial charge >= 0.3 is 0 Å². The van der Waals surface area contributed by atoms with Gasteiger partial charge < -0.3 is 11.5 Å². The molecule has 3 rings (SSSR count). The van der Waals surface area contributed by atoms with Gasteiger partial charge in [-0.3, -0.25) is 14.4 Å². The number of halogens is 1. The van der Waals surface area contributed by atoms with Crippen LogP contribution in [0.25, 0.3) is 10.7 Å². The number of Topliss-reactive ketones (excluding diaryl/α,β-unsaturated/α-hetero) is 2. The van der Waals surface area contributed by atoms with Crippen LogP contribution in [0, 0.1) is 0 Å². The number of ketones is 2. The smallest absolute Gasteiger partial charge is 0.227 e. The van der Waals surface area contributed by atoms with Crippen molar-refractivity contribution >= 4 is 51.7 Å². The average Bonchev–Trinajstić information content (AvgIpc) is 2.96. The number of alkyl halides is 1. The first-order chi connectivity index (χ1) is 11.4. The van der Waals surface area contributed by atoms with Crippen molar-refractivity contribution < 1.29 is 14.4 Å². The van der Waals surface area contributed by atoms with Crippen LogP contribution in [0.1, 0.15) is 41.7 Å². The SMILES string of the molecule is CC(=O)c1csc(-c2csc(CNC(=O)CC(=O)C3(Cl)CC3)n2)n1.N. The van der Waals surface area contributed by atoms with Crippen LogP contribution in [0.3, 0.4) is 0 Å². The molecule has 2 aromatic rings. The summed E-state index contributed by atoms with van der Waals surface area (Å²) in [6.45, 7) is 1.71. The molecule has 2 aromatic heterocycles. The lowest BCUT2D eigenvalue weighted by Gasteiger charge is -2.05. The molecule has 0 atom stereocenters. The van der Waals surface area contributed by atoms with Crippen LogP contribution in [0.4, 0.5) is 0 Å². The summed E-state index contributed by atoms with van der Waals surface area (Å²) in [5.74, 6) is -0.657. The van der Waals surface area contributed by atoms with Gasteiger partial charge in [-0.15, -0.1) is 34.3 Å². The molecule has 0 saturated heterocycles. The number of nitrogens with one attached hydrogen (secondary N) is 1. The van der Waals surface area contributed by atoms with Gasteiger partial charge in [0.1, 0.15) is 26.3 Å². The number of hydrogen-bond donors (Lipinski definition) is 2. The minimum Gasteiger partial charge on any atom is -0.349 e. The number of nitrogens with zero attached hydrogens (tertiary/aromatic N) is 2. The minimum absolute atomic E-state index is 0. The first-order valence-corrected chi connectivity index (χ1v) is 9.41. The van der Waals surface area contributed by atoms with Crippen molar-refractivity contribution in [1.82, 2.24) is 21.4 Å². The quantitative estimate of drug-likeness (QED) is 0.418. The molecule has 4 N–H and O–H groups in total. The molecule has 1 aliphatic rings. The van der Waals surface area contributed by atoms with Gasteiger partial charge in [-0.2, -0.15) is 0 Å². The van der Waals surface area contributed by atoms with Gasteiger partial charge in [0.2, 0.25) is 5.91 Å². The Kier molecular flexibility index (Phi) is 6.04. The van der Waals surface area contributed by atoms with E-state index >= 15 is 0 Å². The number of rotatable bonds is 7. The van der Waals surface area contributed by atoms with Gasteiger partial charge in [-0.1, -0.05) is 0 Å². The zero-order valence-electron chi connectivity index (χ0n) is 13.5. The van der Waals surface area contributed by atoms with E-state index in [9.17, 15) is 14.4 Å². The van der Waals surface area contributed by atoms with E-state index in [0.29, 0.717) is 34.2 Å². The Hall–Kier alpha value is -1.68. The molecule has 0 unspecified atom stereocenters. The second kappa shape index (κ2) is 7.69. The van der Waals surface area contributed by atoms with Crippen LogP contribution in [0.2, 0.25) is 0 Å². The highest BCUT2D eigenvalue weighted by molar-refractivity contribution is 7.14. The number of carbonyl (C=O) groups is 3. The van der Waals surface area contributed by atoms with E-state index in [1.165, 1.54) is 29.6 Å². The molecule has 0 bridgehead atoms. The Morgan fingerprint density at radius 3 is 2.56 bits per heavy atom. The molecular formula is C15H17ClN4O3S2. The summed E-state index contributed by atoms with van der Waals surface area (Å²) in [6.07, 6.45) is 1.09. The monoisotopic (exact) mass is 400 g/mol. The van der Waals surface area contributed by atoms with Crippen molar-refractivity contribution in [3.05, 3.63) is 21.5 Å². The predicted molar refractivity (Wildman–Crippen MR) is 97.5 cm³/mol. The molecule has 1 amide bonds. The predicted octanol–water partition coefficient (Wildman–Crippen LogP) is 2.98. The maximum atomic E-state index is 11.8. The van der Waals surface area contributed by atoms with Gasteiger partial charge in [0, 0.05) is 17.7 Å². The van der Waals surface area contributed by atoms with E-state index in [4.69, 9.17) is 11.6 Å². The Morgan fingerprint density at radius 2 is 1.96 bits per heavy atom. The molecule has 0 aliphatic heterocycles. The molecule has 1 aliphatic carbocycles. The van der Waals surface area contributed by atoms with Crippen LogP contribution in [-0.2, 0) is 16.1 Å². The van der Waals surface area contributed by atoms with E-state index in [0.717, 1.165) is 0 Å². The van der Waals surface area contributed by atoms with Crippen molar-refractivity contribution in [3.63, 3.8) is 0 Å². The van der Waals surface area contributed by atoms with Gasteiger partial charge in [-0.05, 0) is 12.8 Å². The highest BCUT2D eigenvalue weighted by Gasteiger charge is 2.47. The summed E-state index contributed by atoms with van der Waals surface area (Å²) in [5, 5.41) is 7.58. The number of amides is 1. The fourth-order valence-corrected chi connectivity index (χ4v) is 3.75. The summed E-state index contributed by atoms with van der Waals surface area (Å²) in [5.41, 5.74) is 1.10. The second-order valence-corrected chi connectivity index (χ2v) is 8.09. The standard InChI is InChI=1S/C15H14ClN3O3S2.H3N/c1-8(20)9-6-24-14(19-9)10-7-23-13(18-10)5-17-12(22)4-11(21)15(16)2-3-15;/h6-7H,2-5H2,1H3,(H,17,22);1H3. The van der Waals surface area contributed by atoms with Crippen LogP contribution >= 0.6 is 34.3 Å². The Labute approximate surface area is 157 Å². The van der Waals surface area contributed by atoms with Gasteiger partial charge in [0.15, 0.2) is 11.6 Å². The molecule has 7 nitrogen and oxygen atoms in total. The van der Waals surface area contributed by atoms with E-state index in [2.05, 4.69) is 15.3 Å². The molecule has 25 heavy (non-hydrogen) atoms. The lowest BCUT2D eigenvalue weighted by Crippen LogP contribution is -2.28. The molecule has 2 heterocycles. The summed E-state index contributed by atoms with van der Waals surface area (Å²) in [4.78, 5) is 42.7. The Bertz CT molecular complexity index is 813. The molecular weight excluding hydrogens is 384 g/mol. The van der Waals surface area contributed by atoms with Crippen molar-refractivity contribution in [2.75, 3.05) is 0 Å². The Morgan fingerprint density at radius 1 is 1.24 bits per heavy atom. The average molecular weight is 401 g/mol. The molecule has 134 valence electrons. The lowest BCUT2D eigenvalue weighted by molar-refractivity contribution is -0.128. The van der Waals surface area contributed by atoms with Gasteiger partial charge in [0.25, 0.3) is 0 Å². The summed E-state index contributed by atoms with van der Waals surface area (Å²) >= 11 is 8.72. The van der Waals surface area contributed by atoms with E-state index in [-0.39, 0.29) is 36.6 Å². The highest BCUT2D eigenvalue weighted by atomic mass is 35.5. The molecule has 1 fully saturated rings. The third-order valence-corrected chi connectivity index (χ3v) is 5.88. The molecule has 0 spiro atoms. The topological polar surface area (TPSA) is 124 Å². The molecule has 0 radical (unpaired) electrons.